The number of carbonyl (C=O) groups excluding carboxylic acids is 1. The number of hydrogen-bond donors (Lipinski definition) is 1. The van der Waals surface area contributed by atoms with Gasteiger partial charge in [-0.1, -0.05) is 53.7 Å². The molecule has 1 atom stereocenters. The summed E-state index contributed by atoms with van der Waals surface area (Å²) < 4.78 is 24.8. The maximum atomic E-state index is 13.2. The van der Waals surface area contributed by atoms with E-state index >= 15 is 0 Å². The molecule has 4 rings (SSSR count). The zero-order chi connectivity index (χ0) is 22.0. The lowest BCUT2D eigenvalue weighted by atomic mass is 10.1. The van der Waals surface area contributed by atoms with Gasteiger partial charge in [0.1, 0.15) is 0 Å². The number of amides is 1. The van der Waals surface area contributed by atoms with E-state index in [2.05, 4.69) is 10.3 Å². The first-order chi connectivity index (χ1) is 14.8. The highest BCUT2D eigenvalue weighted by atomic mass is 32.2. The summed E-state index contributed by atoms with van der Waals surface area (Å²) in [5.74, 6) is -0.226. The van der Waals surface area contributed by atoms with Crippen LogP contribution >= 0.6 is 11.8 Å². The van der Waals surface area contributed by atoms with E-state index in [1.807, 2.05) is 55.5 Å². The van der Waals surface area contributed by atoms with Crippen LogP contribution in [0, 0.1) is 6.92 Å². The third-order valence-corrected chi connectivity index (χ3v) is 7.94. The van der Waals surface area contributed by atoms with Crippen LogP contribution < -0.4 is 10.9 Å². The number of rotatable bonds is 6. The summed E-state index contributed by atoms with van der Waals surface area (Å²) in [6.07, 6.45) is 0.427. The summed E-state index contributed by atoms with van der Waals surface area (Å²) in [6.45, 7) is 2.42. The minimum Gasteiger partial charge on any atom is -0.352 e. The highest BCUT2D eigenvalue weighted by Crippen LogP contribution is 2.18. The number of hydrogen-bond acceptors (Lipinski definition) is 6. The summed E-state index contributed by atoms with van der Waals surface area (Å²) in [4.78, 5) is 29.9. The third kappa shape index (κ3) is 5.16. The Morgan fingerprint density at radius 3 is 2.65 bits per heavy atom. The summed E-state index contributed by atoms with van der Waals surface area (Å²) in [5, 5.41) is 3.00. The van der Waals surface area contributed by atoms with Crippen molar-refractivity contribution < 1.29 is 13.2 Å². The number of benzene rings is 2. The van der Waals surface area contributed by atoms with Crippen molar-refractivity contribution in [2.24, 2.45) is 0 Å². The monoisotopic (exact) mass is 457 g/mol. The molecule has 0 aliphatic carbocycles. The van der Waals surface area contributed by atoms with Crippen LogP contribution in [0.15, 0.2) is 58.4 Å². The predicted octanol–water partition coefficient (Wildman–Crippen LogP) is 2.15. The van der Waals surface area contributed by atoms with E-state index in [0.29, 0.717) is 18.5 Å². The first kappa shape index (κ1) is 21.6. The van der Waals surface area contributed by atoms with Crippen molar-refractivity contribution in [3.05, 3.63) is 70.0 Å². The Labute approximate surface area is 184 Å². The molecule has 9 heteroatoms. The molecule has 2 aromatic carbocycles. The van der Waals surface area contributed by atoms with E-state index in [-0.39, 0.29) is 39.8 Å². The lowest BCUT2D eigenvalue weighted by Crippen LogP contribution is -2.37. The lowest BCUT2D eigenvalue weighted by Gasteiger charge is -2.13. The van der Waals surface area contributed by atoms with E-state index in [1.54, 1.807) is 4.57 Å². The summed E-state index contributed by atoms with van der Waals surface area (Å²) in [7, 11) is -3.06. The normalized spacial score (nSPS) is 17.6. The summed E-state index contributed by atoms with van der Waals surface area (Å²) in [6, 6.07) is 15.1. The maximum absolute atomic E-state index is 13.2. The highest BCUT2D eigenvalue weighted by Gasteiger charge is 2.29. The topological polar surface area (TPSA) is 98.1 Å². The second-order valence-electron chi connectivity index (χ2n) is 7.74. The van der Waals surface area contributed by atoms with Gasteiger partial charge in [-0.15, -0.1) is 0 Å². The molecule has 1 N–H and O–H groups in total. The molecular weight excluding hydrogens is 434 g/mol. The number of aryl methyl sites for hydroxylation is 1. The molecule has 1 aromatic heterocycles. The predicted molar refractivity (Wildman–Crippen MR) is 122 cm³/mol. The molecule has 1 aliphatic rings. The van der Waals surface area contributed by atoms with Gasteiger partial charge in [0.2, 0.25) is 5.91 Å². The van der Waals surface area contributed by atoms with Gasteiger partial charge in [-0.05, 0) is 31.0 Å². The average molecular weight is 458 g/mol. The van der Waals surface area contributed by atoms with Crippen molar-refractivity contribution in [3.63, 3.8) is 0 Å². The Balaban J connectivity index is 1.55. The molecule has 1 saturated heterocycles. The summed E-state index contributed by atoms with van der Waals surface area (Å²) >= 11 is 1.07. The second kappa shape index (κ2) is 8.84. The van der Waals surface area contributed by atoms with Gasteiger partial charge in [-0.2, -0.15) is 0 Å². The maximum Gasteiger partial charge on any atom is 0.283 e. The van der Waals surface area contributed by atoms with Crippen molar-refractivity contribution in [1.82, 2.24) is 14.9 Å². The second-order valence-corrected chi connectivity index (χ2v) is 10.9. The smallest absolute Gasteiger partial charge is 0.283 e. The average Bonchev–Trinajstić information content (AvgIpc) is 3.08. The van der Waals surface area contributed by atoms with Crippen molar-refractivity contribution in [2.45, 2.75) is 31.0 Å². The standard InChI is InChI=1S/C22H23N3O4S2/c1-15-6-8-16(9-7-15)12-25-19-5-3-2-4-18(19)24-21(22(25)27)30-13-20(26)23-17-10-11-31(28,29)14-17/h2-9,17H,10-14H2,1H3,(H,23,26)/t17-/m1/s1. The van der Waals surface area contributed by atoms with Crippen LogP contribution in [-0.2, 0) is 21.2 Å². The lowest BCUT2D eigenvalue weighted by molar-refractivity contribution is -0.119. The molecule has 0 unspecified atom stereocenters. The number of fused-ring (bicyclic) bond motifs is 1. The number of carbonyl (C=O) groups is 1. The van der Waals surface area contributed by atoms with Gasteiger partial charge >= 0.3 is 0 Å². The molecule has 31 heavy (non-hydrogen) atoms. The Morgan fingerprint density at radius 2 is 1.94 bits per heavy atom. The molecule has 7 nitrogen and oxygen atoms in total. The van der Waals surface area contributed by atoms with E-state index in [4.69, 9.17) is 0 Å². The molecule has 0 saturated carbocycles. The molecule has 1 fully saturated rings. The SMILES string of the molecule is Cc1ccc(Cn2c(=O)c(SCC(=O)N[C@@H]3CCS(=O)(=O)C3)nc3ccccc32)cc1. The molecule has 0 spiro atoms. The van der Waals surface area contributed by atoms with E-state index in [1.165, 1.54) is 0 Å². The van der Waals surface area contributed by atoms with E-state index in [0.717, 1.165) is 28.4 Å². The van der Waals surface area contributed by atoms with Crippen LogP contribution in [0.3, 0.4) is 0 Å². The van der Waals surface area contributed by atoms with Crippen molar-refractivity contribution in [1.29, 1.82) is 0 Å². The number of nitrogens with one attached hydrogen (secondary N) is 1. The summed E-state index contributed by atoms with van der Waals surface area (Å²) in [5.41, 5.74) is 3.31. The van der Waals surface area contributed by atoms with Crippen molar-refractivity contribution >= 4 is 38.5 Å². The van der Waals surface area contributed by atoms with Gasteiger partial charge in [-0.3, -0.25) is 14.2 Å². The zero-order valence-corrected chi connectivity index (χ0v) is 18.7. The van der Waals surface area contributed by atoms with Crippen LogP contribution in [0.25, 0.3) is 11.0 Å². The Bertz CT molecular complexity index is 1280. The Morgan fingerprint density at radius 1 is 1.19 bits per heavy atom. The largest absolute Gasteiger partial charge is 0.352 e. The van der Waals surface area contributed by atoms with Crippen LogP contribution in [0.1, 0.15) is 17.5 Å². The van der Waals surface area contributed by atoms with Gasteiger partial charge in [0, 0.05) is 6.04 Å². The van der Waals surface area contributed by atoms with Gasteiger partial charge in [0.25, 0.3) is 5.56 Å². The van der Waals surface area contributed by atoms with Gasteiger partial charge in [-0.25, -0.2) is 13.4 Å². The number of sulfone groups is 1. The number of thioether (sulfide) groups is 1. The third-order valence-electron chi connectivity index (χ3n) is 5.22. The quantitative estimate of drug-likeness (QED) is 0.570. The molecule has 1 amide bonds. The molecule has 0 bridgehead atoms. The van der Waals surface area contributed by atoms with Crippen LogP contribution in [0.5, 0.6) is 0 Å². The molecular formula is C22H23N3O4S2. The minimum atomic E-state index is -3.06. The fourth-order valence-corrected chi connectivity index (χ4v) is 6.03. The fraction of sp³-hybridized carbons (Fsp3) is 0.318. The first-order valence-corrected chi connectivity index (χ1v) is 12.8. The van der Waals surface area contributed by atoms with E-state index in [9.17, 15) is 18.0 Å². The minimum absolute atomic E-state index is 0.00165. The first-order valence-electron chi connectivity index (χ1n) is 9.98. The van der Waals surface area contributed by atoms with E-state index < -0.39 is 9.84 Å². The van der Waals surface area contributed by atoms with Crippen LogP contribution in [0.2, 0.25) is 0 Å². The van der Waals surface area contributed by atoms with Crippen molar-refractivity contribution in [2.75, 3.05) is 17.3 Å². The van der Waals surface area contributed by atoms with Crippen molar-refractivity contribution in [3.8, 4) is 0 Å². The van der Waals surface area contributed by atoms with Crippen LogP contribution in [0.4, 0.5) is 0 Å². The van der Waals surface area contributed by atoms with Gasteiger partial charge < -0.3 is 5.32 Å². The number of aromatic nitrogens is 2. The van der Waals surface area contributed by atoms with Crippen LogP contribution in [-0.4, -0.2) is 47.2 Å². The molecule has 0 radical (unpaired) electrons. The Hall–Kier alpha value is -2.65. The Kier molecular flexibility index (Phi) is 6.15. The zero-order valence-electron chi connectivity index (χ0n) is 17.1. The fourth-order valence-electron chi connectivity index (χ4n) is 3.61. The molecule has 162 valence electrons. The molecule has 2 heterocycles. The number of nitrogens with zero attached hydrogens (tertiary/aromatic N) is 2. The highest BCUT2D eigenvalue weighted by molar-refractivity contribution is 7.99. The van der Waals surface area contributed by atoms with Gasteiger partial charge in [0.05, 0.1) is 34.8 Å². The molecule has 1 aliphatic heterocycles. The van der Waals surface area contributed by atoms with Gasteiger partial charge in [0.15, 0.2) is 14.9 Å². The number of para-hydroxylation sites is 2. The molecule has 3 aromatic rings.